The molecule has 0 amide bonds. The first-order valence-corrected chi connectivity index (χ1v) is 6.12. The van der Waals surface area contributed by atoms with Gasteiger partial charge in [-0.05, 0) is 38.8 Å². The minimum absolute atomic E-state index is 0.0333. The zero-order valence-corrected chi connectivity index (χ0v) is 11.1. The molecule has 6 heteroatoms. The Morgan fingerprint density at radius 3 is 2.61 bits per heavy atom. The quantitative estimate of drug-likeness (QED) is 0.799. The Morgan fingerprint density at radius 2 is 2.06 bits per heavy atom. The van der Waals surface area contributed by atoms with E-state index in [-0.39, 0.29) is 12.5 Å². The highest BCUT2D eigenvalue weighted by molar-refractivity contribution is 6.29. The second kappa shape index (κ2) is 6.27. The van der Waals surface area contributed by atoms with Crippen molar-refractivity contribution < 1.29 is 13.2 Å². The number of nitrogens with one attached hydrogen (secondary N) is 1. The lowest BCUT2D eigenvalue weighted by molar-refractivity contribution is -0.135. The van der Waals surface area contributed by atoms with Gasteiger partial charge < -0.3 is 5.32 Å². The molecule has 102 valence electrons. The monoisotopic (exact) mass is 280 g/mol. The fourth-order valence-electron chi connectivity index (χ4n) is 1.63. The van der Waals surface area contributed by atoms with Crippen molar-refractivity contribution in [2.24, 2.45) is 0 Å². The summed E-state index contributed by atoms with van der Waals surface area (Å²) in [6.07, 6.45) is -4.23. The molecule has 1 atom stereocenters. The van der Waals surface area contributed by atoms with Crippen LogP contribution in [0.15, 0.2) is 12.1 Å². The smallest absolute Gasteiger partial charge is 0.381 e. The first kappa shape index (κ1) is 15.1. The maximum Gasteiger partial charge on any atom is 0.389 e. The lowest BCUT2D eigenvalue weighted by atomic mass is 10.1. The number of alkyl halides is 3. The summed E-state index contributed by atoms with van der Waals surface area (Å²) in [5, 5.41) is 3.54. The molecular formula is C12H16ClF3N2. The van der Waals surface area contributed by atoms with Crippen molar-refractivity contribution in [3.05, 3.63) is 23.0 Å². The molecule has 1 N–H and O–H groups in total. The van der Waals surface area contributed by atoms with Crippen LogP contribution in [-0.2, 0) is 0 Å². The highest BCUT2D eigenvalue weighted by Crippen LogP contribution is 2.23. The average Bonchev–Trinajstić information content (AvgIpc) is 2.20. The molecule has 0 fully saturated rings. The topological polar surface area (TPSA) is 24.9 Å². The number of hydrogen-bond acceptors (Lipinski definition) is 2. The molecule has 0 saturated heterocycles. The Balaban J connectivity index is 2.42. The van der Waals surface area contributed by atoms with Crippen molar-refractivity contribution in [1.82, 2.24) is 4.98 Å². The molecule has 0 aliphatic heterocycles. The molecule has 0 bridgehead atoms. The third-order valence-electron chi connectivity index (χ3n) is 2.55. The van der Waals surface area contributed by atoms with Gasteiger partial charge in [-0.2, -0.15) is 13.2 Å². The summed E-state index contributed by atoms with van der Waals surface area (Å²) < 4.78 is 36.0. The second-order valence-corrected chi connectivity index (χ2v) is 4.71. The van der Waals surface area contributed by atoms with Crippen LogP contribution >= 0.6 is 11.6 Å². The van der Waals surface area contributed by atoms with Crippen LogP contribution in [0.25, 0.3) is 0 Å². The van der Waals surface area contributed by atoms with E-state index in [1.54, 1.807) is 19.1 Å². The van der Waals surface area contributed by atoms with Gasteiger partial charge in [-0.1, -0.05) is 11.6 Å². The van der Waals surface area contributed by atoms with Crippen molar-refractivity contribution in [3.63, 3.8) is 0 Å². The van der Waals surface area contributed by atoms with Gasteiger partial charge in [0.05, 0.1) is 11.4 Å². The second-order valence-electron chi connectivity index (χ2n) is 4.32. The molecule has 1 rings (SSSR count). The lowest BCUT2D eigenvalue weighted by Crippen LogP contribution is -2.17. The number of nitrogens with zero attached hydrogens (tertiary/aromatic N) is 1. The van der Waals surface area contributed by atoms with Crippen LogP contribution < -0.4 is 5.32 Å². The summed E-state index contributed by atoms with van der Waals surface area (Å²) in [5.74, 6) is 0. The van der Waals surface area contributed by atoms with Gasteiger partial charge in [0.25, 0.3) is 0 Å². The maximum absolute atomic E-state index is 12.0. The summed E-state index contributed by atoms with van der Waals surface area (Å²) >= 11 is 5.72. The SMILES string of the molecule is Cc1nc(Cl)ccc1NC(C)CCCC(F)(F)F. The van der Waals surface area contributed by atoms with Crippen LogP contribution in [0.1, 0.15) is 31.9 Å². The van der Waals surface area contributed by atoms with Crippen LogP contribution in [0.3, 0.4) is 0 Å². The minimum atomic E-state index is -4.07. The van der Waals surface area contributed by atoms with Crippen molar-refractivity contribution in [2.45, 2.75) is 45.3 Å². The number of aromatic nitrogens is 1. The van der Waals surface area contributed by atoms with E-state index < -0.39 is 12.6 Å². The minimum Gasteiger partial charge on any atom is -0.381 e. The molecule has 18 heavy (non-hydrogen) atoms. The predicted octanol–water partition coefficient (Wildman–Crippen LogP) is 4.58. The zero-order chi connectivity index (χ0) is 13.8. The molecule has 0 aromatic carbocycles. The van der Waals surface area contributed by atoms with E-state index in [1.165, 1.54) is 0 Å². The Hall–Kier alpha value is -0.970. The van der Waals surface area contributed by atoms with Gasteiger partial charge in [-0.15, -0.1) is 0 Å². The Kier molecular flexibility index (Phi) is 5.26. The highest BCUT2D eigenvalue weighted by Gasteiger charge is 2.26. The molecule has 0 radical (unpaired) electrons. The third-order valence-corrected chi connectivity index (χ3v) is 2.76. The van der Waals surface area contributed by atoms with Crippen LogP contribution in [0, 0.1) is 6.92 Å². The van der Waals surface area contributed by atoms with E-state index in [0.29, 0.717) is 11.6 Å². The Morgan fingerprint density at radius 1 is 1.39 bits per heavy atom. The molecule has 0 aliphatic carbocycles. The van der Waals surface area contributed by atoms with Gasteiger partial charge in [-0.3, -0.25) is 0 Å². The fourth-order valence-corrected chi connectivity index (χ4v) is 1.82. The number of anilines is 1. The van der Waals surface area contributed by atoms with Gasteiger partial charge in [0.2, 0.25) is 0 Å². The largest absolute Gasteiger partial charge is 0.389 e. The molecular weight excluding hydrogens is 265 g/mol. The molecule has 1 aromatic rings. The Bertz CT molecular complexity index is 393. The highest BCUT2D eigenvalue weighted by atomic mass is 35.5. The van der Waals surface area contributed by atoms with Crippen LogP contribution in [0.2, 0.25) is 5.15 Å². The Labute approximate surface area is 110 Å². The van der Waals surface area contributed by atoms with E-state index in [0.717, 1.165) is 11.4 Å². The normalized spacial score (nSPS) is 13.4. The van der Waals surface area contributed by atoms with Gasteiger partial charge in [0.15, 0.2) is 0 Å². The molecule has 1 heterocycles. The van der Waals surface area contributed by atoms with E-state index in [4.69, 9.17) is 11.6 Å². The predicted molar refractivity (Wildman–Crippen MR) is 67.0 cm³/mol. The number of rotatable bonds is 5. The third kappa shape index (κ3) is 5.58. The van der Waals surface area contributed by atoms with Crippen LogP contribution in [0.4, 0.5) is 18.9 Å². The van der Waals surface area contributed by atoms with E-state index in [2.05, 4.69) is 10.3 Å². The number of halogens is 4. The fraction of sp³-hybridized carbons (Fsp3) is 0.583. The summed E-state index contributed by atoms with van der Waals surface area (Å²) in [5.41, 5.74) is 1.55. The first-order valence-electron chi connectivity index (χ1n) is 5.74. The van der Waals surface area contributed by atoms with Crippen molar-refractivity contribution in [3.8, 4) is 0 Å². The first-order chi connectivity index (χ1) is 8.28. The van der Waals surface area contributed by atoms with Crippen LogP contribution in [-0.4, -0.2) is 17.2 Å². The van der Waals surface area contributed by atoms with Gasteiger partial charge in [0, 0.05) is 12.5 Å². The van der Waals surface area contributed by atoms with Crippen molar-refractivity contribution >= 4 is 17.3 Å². The average molecular weight is 281 g/mol. The van der Waals surface area contributed by atoms with Gasteiger partial charge >= 0.3 is 6.18 Å². The van der Waals surface area contributed by atoms with Gasteiger partial charge in [-0.25, -0.2) is 4.98 Å². The van der Waals surface area contributed by atoms with E-state index >= 15 is 0 Å². The van der Waals surface area contributed by atoms with E-state index in [1.807, 2.05) is 6.92 Å². The van der Waals surface area contributed by atoms with Crippen LogP contribution in [0.5, 0.6) is 0 Å². The number of aryl methyl sites for hydroxylation is 1. The summed E-state index contributed by atoms with van der Waals surface area (Å²) in [6, 6.07) is 3.40. The summed E-state index contributed by atoms with van der Waals surface area (Å²) in [4.78, 5) is 4.07. The maximum atomic E-state index is 12.0. The molecule has 0 aliphatic rings. The molecule has 1 aromatic heterocycles. The number of hydrogen-bond donors (Lipinski definition) is 1. The number of pyridine rings is 1. The van der Waals surface area contributed by atoms with Gasteiger partial charge in [0.1, 0.15) is 5.15 Å². The summed E-state index contributed by atoms with van der Waals surface area (Å²) in [6.45, 7) is 3.65. The summed E-state index contributed by atoms with van der Waals surface area (Å²) in [7, 11) is 0. The standard InChI is InChI=1S/C12H16ClF3N2/c1-8(4-3-7-12(14,15)16)17-10-5-6-11(13)18-9(10)2/h5-6,8,17H,3-4,7H2,1-2H3. The molecule has 0 saturated carbocycles. The van der Waals surface area contributed by atoms with E-state index in [9.17, 15) is 13.2 Å². The van der Waals surface area contributed by atoms with Crippen molar-refractivity contribution in [2.75, 3.05) is 5.32 Å². The zero-order valence-electron chi connectivity index (χ0n) is 10.3. The molecule has 2 nitrogen and oxygen atoms in total. The molecule has 0 spiro atoms. The molecule has 1 unspecified atom stereocenters. The van der Waals surface area contributed by atoms with Crippen molar-refractivity contribution in [1.29, 1.82) is 0 Å². The lowest BCUT2D eigenvalue weighted by Gasteiger charge is -2.17.